The summed E-state index contributed by atoms with van der Waals surface area (Å²) in [5.41, 5.74) is 1.30. The summed E-state index contributed by atoms with van der Waals surface area (Å²) in [6.45, 7) is 1.91. The Morgan fingerprint density at radius 1 is 1.23 bits per heavy atom. The van der Waals surface area contributed by atoms with E-state index >= 15 is 0 Å². The molecule has 0 saturated carbocycles. The minimum absolute atomic E-state index is 0.0830. The summed E-state index contributed by atoms with van der Waals surface area (Å²) in [7, 11) is -3.41. The van der Waals surface area contributed by atoms with Crippen LogP contribution in [0.1, 0.15) is 5.56 Å². The number of benzene rings is 1. The van der Waals surface area contributed by atoms with E-state index in [0.717, 1.165) is 24.6 Å². The summed E-state index contributed by atoms with van der Waals surface area (Å²) in [6, 6.07) is 13.0. The van der Waals surface area contributed by atoms with Gasteiger partial charge in [-0.05, 0) is 36.2 Å². The average Bonchev–Trinajstić information content (AvgIpc) is 3.16. The van der Waals surface area contributed by atoms with Gasteiger partial charge in [0, 0.05) is 30.4 Å². The Morgan fingerprint density at radius 2 is 2.08 bits per heavy atom. The zero-order valence-electron chi connectivity index (χ0n) is 14.4. The van der Waals surface area contributed by atoms with Gasteiger partial charge in [-0.15, -0.1) is 11.8 Å². The normalized spacial score (nSPS) is 17.3. The number of thioether (sulfide) groups is 1. The summed E-state index contributed by atoms with van der Waals surface area (Å²) in [6.07, 6.45) is 2.53. The molecule has 1 aromatic heterocycles. The summed E-state index contributed by atoms with van der Waals surface area (Å²) in [5, 5.41) is 6.97. The van der Waals surface area contributed by atoms with Crippen molar-refractivity contribution in [2.45, 2.75) is 16.7 Å². The molecule has 8 heteroatoms. The van der Waals surface area contributed by atoms with Crippen LogP contribution in [0.25, 0.3) is 0 Å². The minimum Gasteiger partial charge on any atom is -0.492 e. The van der Waals surface area contributed by atoms with Gasteiger partial charge in [-0.25, -0.2) is 13.4 Å². The average molecular weight is 394 g/mol. The molecule has 1 atom stereocenters. The second-order valence-electron chi connectivity index (χ2n) is 6.01. The maximum absolute atomic E-state index is 12.1. The highest BCUT2D eigenvalue weighted by molar-refractivity contribution is 8.00. The molecule has 1 aromatic carbocycles. The highest BCUT2D eigenvalue weighted by Crippen LogP contribution is 2.21. The first kappa shape index (κ1) is 19.2. The molecule has 0 bridgehead atoms. The number of rotatable bonds is 9. The fraction of sp³-hybridized carbons (Fsp3) is 0.389. The van der Waals surface area contributed by atoms with Gasteiger partial charge in [0.1, 0.15) is 18.2 Å². The van der Waals surface area contributed by atoms with Gasteiger partial charge < -0.3 is 10.1 Å². The molecule has 2 heterocycles. The second-order valence-corrected chi connectivity index (χ2v) is 9.24. The Labute approximate surface area is 158 Å². The van der Waals surface area contributed by atoms with Crippen molar-refractivity contribution in [1.29, 1.82) is 0 Å². The lowest BCUT2D eigenvalue weighted by molar-refractivity contribution is 0.317. The van der Waals surface area contributed by atoms with Gasteiger partial charge in [-0.2, -0.15) is 0 Å². The summed E-state index contributed by atoms with van der Waals surface area (Å²) >= 11 is 1.96. The lowest BCUT2D eigenvalue weighted by atomic mass is 10.1. The van der Waals surface area contributed by atoms with E-state index in [1.165, 1.54) is 17.8 Å². The standard InChI is InChI=1S/C18H23N3O3S2/c22-26(23,18-3-1-2-8-21-18)14-19-9-10-24-16-6-4-15(5-7-16)11-17-12-20-13-25-17/h1-8,17,19-20H,9-14H2. The van der Waals surface area contributed by atoms with Crippen molar-refractivity contribution >= 4 is 21.6 Å². The largest absolute Gasteiger partial charge is 0.492 e. The Balaban J connectivity index is 1.37. The lowest BCUT2D eigenvalue weighted by Crippen LogP contribution is -2.27. The molecule has 1 fully saturated rings. The molecule has 0 spiro atoms. The summed E-state index contributed by atoms with van der Waals surface area (Å²) in [4.78, 5) is 3.88. The van der Waals surface area contributed by atoms with Crippen LogP contribution in [-0.2, 0) is 16.3 Å². The number of sulfone groups is 1. The van der Waals surface area contributed by atoms with Crippen LogP contribution in [0, 0.1) is 0 Å². The molecule has 0 aliphatic carbocycles. The van der Waals surface area contributed by atoms with E-state index in [0.29, 0.717) is 18.4 Å². The van der Waals surface area contributed by atoms with Crippen LogP contribution < -0.4 is 15.4 Å². The van der Waals surface area contributed by atoms with Gasteiger partial charge in [-0.3, -0.25) is 5.32 Å². The predicted molar refractivity (Wildman–Crippen MR) is 104 cm³/mol. The third-order valence-corrected chi connectivity index (χ3v) is 6.61. The Morgan fingerprint density at radius 3 is 2.77 bits per heavy atom. The maximum atomic E-state index is 12.1. The molecule has 1 aliphatic rings. The molecular formula is C18H23N3O3S2. The third kappa shape index (κ3) is 5.70. The van der Waals surface area contributed by atoms with Crippen molar-refractivity contribution in [3.63, 3.8) is 0 Å². The van der Waals surface area contributed by atoms with Crippen molar-refractivity contribution in [3.05, 3.63) is 54.2 Å². The predicted octanol–water partition coefficient (Wildman–Crippen LogP) is 1.69. The molecular weight excluding hydrogens is 370 g/mol. The number of hydrogen-bond donors (Lipinski definition) is 2. The van der Waals surface area contributed by atoms with E-state index in [1.54, 1.807) is 12.1 Å². The summed E-state index contributed by atoms with van der Waals surface area (Å²) in [5.74, 6) is 1.68. The fourth-order valence-corrected chi connectivity index (χ4v) is 4.71. The topological polar surface area (TPSA) is 80.3 Å². The third-order valence-electron chi connectivity index (χ3n) is 3.98. The number of hydrogen-bond acceptors (Lipinski definition) is 7. The Kier molecular flexibility index (Phi) is 6.90. The first-order chi connectivity index (χ1) is 12.6. The zero-order chi connectivity index (χ0) is 18.2. The maximum Gasteiger partial charge on any atom is 0.208 e. The zero-order valence-corrected chi connectivity index (χ0v) is 16.1. The van der Waals surface area contributed by atoms with Crippen LogP contribution in [0.15, 0.2) is 53.7 Å². The van der Waals surface area contributed by atoms with Crippen molar-refractivity contribution in [1.82, 2.24) is 15.6 Å². The van der Waals surface area contributed by atoms with Crippen LogP contribution in [-0.4, -0.2) is 50.1 Å². The first-order valence-corrected chi connectivity index (χ1v) is 11.2. The van der Waals surface area contributed by atoms with Gasteiger partial charge in [-0.1, -0.05) is 18.2 Å². The number of nitrogens with zero attached hydrogens (tertiary/aromatic N) is 1. The molecule has 2 N–H and O–H groups in total. The molecule has 2 aromatic rings. The van der Waals surface area contributed by atoms with Crippen LogP contribution >= 0.6 is 11.8 Å². The molecule has 0 radical (unpaired) electrons. The van der Waals surface area contributed by atoms with Crippen LogP contribution in [0.5, 0.6) is 5.75 Å². The molecule has 26 heavy (non-hydrogen) atoms. The molecule has 3 rings (SSSR count). The van der Waals surface area contributed by atoms with Crippen LogP contribution in [0.4, 0.5) is 0 Å². The summed E-state index contributed by atoms with van der Waals surface area (Å²) < 4.78 is 29.8. The minimum atomic E-state index is -3.41. The van der Waals surface area contributed by atoms with Gasteiger partial charge in [0.05, 0.1) is 0 Å². The monoisotopic (exact) mass is 393 g/mol. The van der Waals surface area contributed by atoms with E-state index < -0.39 is 9.84 Å². The van der Waals surface area contributed by atoms with Crippen LogP contribution in [0.2, 0.25) is 0 Å². The van der Waals surface area contributed by atoms with E-state index in [2.05, 4.69) is 27.8 Å². The number of nitrogens with one attached hydrogen (secondary N) is 2. The van der Waals surface area contributed by atoms with Crippen molar-refractivity contribution in [2.75, 3.05) is 31.4 Å². The SMILES string of the molecule is O=S(=O)(CNCCOc1ccc(CC2CNCS2)cc1)c1ccccn1. The Bertz CT molecular complexity index is 777. The molecule has 1 unspecified atom stereocenters. The molecule has 140 valence electrons. The van der Waals surface area contributed by atoms with E-state index in [4.69, 9.17) is 4.74 Å². The van der Waals surface area contributed by atoms with Crippen LogP contribution in [0.3, 0.4) is 0 Å². The number of pyridine rings is 1. The van der Waals surface area contributed by atoms with Crippen molar-refractivity contribution in [3.8, 4) is 5.75 Å². The highest BCUT2D eigenvalue weighted by Gasteiger charge is 2.15. The second kappa shape index (κ2) is 9.36. The fourth-order valence-electron chi connectivity index (χ4n) is 2.62. The quantitative estimate of drug-likeness (QED) is 0.628. The van der Waals surface area contributed by atoms with E-state index in [-0.39, 0.29) is 10.9 Å². The smallest absolute Gasteiger partial charge is 0.208 e. The molecule has 6 nitrogen and oxygen atoms in total. The number of aromatic nitrogens is 1. The lowest BCUT2D eigenvalue weighted by Gasteiger charge is -2.10. The molecule has 1 saturated heterocycles. The molecule has 0 amide bonds. The van der Waals surface area contributed by atoms with E-state index in [1.807, 2.05) is 23.9 Å². The van der Waals surface area contributed by atoms with Crippen molar-refractivity contribution < 1.29 is 13.2 Å². The Hall–Kier alpha value is -1.61. The van der Waals surface area contributed by atoms with Gasteiger partial charge >= 0.3 is 0 Å². The number of ether oxygens (including phenoxy) is 1. The van der Waals surface area contributed by atoms with Crippen molar-refractivity contribution in [2.24, 2.45) is 0 Å². The van der Waals surface area contributed by atoms with Gasteiger partial charge in [0.25, 0.3) is 0 Å². The first-order valence-electron chi connectivity index (χ1n) is 8.52. The van der Waals surface area contributed by atoms with Gasteiger partial charge in [0.2, 0.25) is 9.84 Å². The molecule has 1 aliphatic heterocycles. The van der Waals surface area contributed by atoms with Gasteiger partial charge in [0.15, 0.2) is 5.03 Å². The van der Waals surface area contributed by atoms with E-state index in [9.17, 15) is 8.42 Å². The highest BCUT2D eigenvalue weighted by atomic mass is 32.2.